The second-order valence-corrected chi connectivity index (χ2v) is 10.7. The molecule has 0 amide bonds. The highest BCUT2D eigenvalue weighted by Crippen LogP contribution is 2.40. The van der Waals surface area contributed by atoms with Gasteiger partial charge < -0.3 is 15.0 Å². The van der Waals surface area contributed by atoms with Gasteiger partial charge in [0.25, 0.3) is 5.56 Å². The van der Waals surface area contributed by atoms with Gasteiger partial charge in [-0.25, -0.2) is 9.07 Å². The summed E-state index contributed by atoms with van der Waals surface area (Å²) in [5.74, 6) is 0. The highest BCUT2D eigenvalue weighted by atomic mass is 35.5. The van der Waals surface area contributed by atoms with Gasteiger partial charge in [0.2, 0.25) is 0 Å². The summed E-state index contributed by atoms with van der Waals surface area (Å²) in [6, 6.07) is 9.15. The normalized spacial score (nSPS) is 27.4. The third-order valence-electron chi connectivity index (χ3n) is 7.28. The van der Waals surface area contributed by atoms with E-state index in [9.17, 15) is 9.18 Å². The first-order valence-corrected chi connectivity index (χ1v) is 13.0. The van der Waals surface area contributed by atoms with E-state index in [1.165, 1.54) is 23.2 Å². The molecule has 0 spiro atoms. The van der Waals surface area contributed by atoms with E-state index in [4.69, 9.17) is 27.9 Å². The number of rotatable bonds is 7. The number of hydrogen-bond donors (Lipinski definition) is 1. The highest BCUT2D eigenvalue weighted by molar-refractivity contribution is 6.33. The fourth-order valence-electron chi connectivity index (χ4n) is 5.31. The Balaban J connectivity index is 1.23. The monoisotopic (exact) mass is 508 g/mol. The third kappa shape index (κ3) is 5.21. The molecule has 6 nitrogen and oxygen atoms in total. The maximum Gasteiger partial charge on any atom is 0.287 e. The molecule has 0 unspecified atom stereocenters. The molecular formula is C25H31Cl2FN4O2. The molecule has 1 aromatic carbocycles. The fraction of sp³-hybridized carbons (Fsp3) is 0.600. The van der Waals surface area contributed by atoms with Gasteiger partial charge in [-0.05, 0) is 75.6 Å². The first-order valence-electron chi connectivity index (χ1n) is 12.3. The molecule has 3 fully saturated rings. The zero-order chi connectivity index (χ0) is 23.7. The number of ether oxygens (including phenoxy) is 1. The van der Waals surface area contributed by atoms with Crippen molar-refractivity contribution < 1.29 is 9.13 Å². The van der Waals surface area contributed by atoms with Crippen molar-refractivity contribution in [3.63, 3.8) is 0 Å². The Kier molecular flexibility index (Phi) is 7.05. The summed E-state index contributed by atoms with van der Waals surface area (Å²) >= 11 is 12.5. The molecular weight excluding hydrogens is 478 g/mol. The van der Waals surface area contributed by atoms with E-state index in [0.717, 1.165) is 30.7 Å². The summed E-state index contributed by atoms with van der Waals surface area (Å²) in [4.78, 5) is 15.5. The minimum absolute atomic E-state index is 0.0147. The third-order valence-corrected chi connectivity index (χ3v) is 7.90. The molecule has 1 N–H and O–H groups in total. The molecule has 1 aromatic heterocycles. The number of hydrogen-bond acceptors (Lipinski definition) is 5. The van der Waals surface area contributed by atoms with Crippen LogP contribution in [0.2, 0.25) is 10.0 Å². The molecule has 2 aromatic rings. The van der Waals surface area contributed by atoms with Gasteiger partial charge in [-0.1, -0.05) is 23.2 Å². The van der Waals surface area contributed by atoms with Crippen LogP contribution in [-0.4, -0.2) is 47.3 Å². The van der Waals surface area contributed by atoms with Crippen molar-refractivity contribution >= 4 is 34.6 Å². The van der Waals surface area contributed by atoms with Crippen molar-refractivity contribution in [1.82, 2.24) is 9.78 Å². The van der Waals surface area contributed by atoms with Gasteiger partial charge in [-0.15, -0.1) is 0 Å². The summed E-state index contributed by atoms with van der Waals surface area (Å²) in [5.41, 5.74) is -0.175. The lowest BCUT2D eigenvalue weighted by Gasteiger charge is -2.39. The minimum Gasteiger partial charge on any atom is -0.379 e. The first-order chi connectivity index (χ1) is 16.4. The molecule has 5 rings (SSSR count). The Morgan fingerprint density at radius 3 is 2.41 bits per heavy atom. The zero-order valence-corrected chi connectivity index (χ0v) is 20.7. The average Bonchev–Trinajstić information content (AvgIpc) is 3.68. The Bertz CT molecular complexity index is 1050. The predicted octanol–water partition coefficient (Wildman–Crippen LogP) is 5.63. The van der Waals surface area contributed by atoms with E-state index >= 15 is 0 Å². The van der Waals surface area contributed by atoms with Crippen LogP contribution in [0.25, 0.3) is 0 Å². The van der Waals surface area contributed by atoms with Gasteiger partial charge in [0.15, 0.2) is 5.67 Å². The Hall–Kier alpha value is -1.83. The summed E-state index contributed by atoms with van der Waals surface area (Å²) < 4.78 is 21.6. The molecule has 2 aliphatic carbocycles. The van der Waals surface area contributed by atoms with Crippen molar-refractivity contribution in [2.45, 2.75) is 75.2 Å². The first kappa shape index (κ1) is 23.9. The van der Waals surface area contributed by atoms with E-state index in [1.807, 2.05) is 12.1 Å². The Labute approximate surface area is 209 Å². The molecule has 34 heavy (non-hydrogen) atoms. The van der Waals surface area contributed by atoms with Gasteiger partial charge in [-0.2, -0.15) is 5.10 Å². The Morgan fingerprint density at radius 1 is 1.12 bits per heavy atom. The van der Waals surface area contributed by atoms with Crippen molar-refractivity contribution in [1.29, 1.82) is 0 Å². The maximum absolute atomic E-state index is 14.8. The minimum atomic E-state index is -1.45. The van der Waals surface area contributed by atoms with Gasteiger partial charge >= 0.3 is 0 Å². The molecule has 0 radical (unpaired) electrons. The number of anilines is 2. The van der Waals surface area contributed by atoms with Crippen LogP contribution in [-0.2, 0) is 4.74 Å². The van der Waals surface area contributed by atoms with Gasteiger partial charge in [0, 0.05) is 29.4 Å². The van der Waals surface area contributed by atoms with Gasteiger partial charge in [0.05, 0.1) is 31.1 Å². The van der Waals surface area contributed by atoms with E-state index in [0.29, 0.717) is 37.2 Å². The number of nitrogens with zero attached hydrogens (tertiary/aromatic N) is 3. The van der Waals surface area contributed by atoms with Crippen LogP contribution in [0, 0.1) is 0 Å². The molecule has 9 heteroatoms. The van der Waals surface area contributed by atoms with Crippen LogP contribution < -0.4 is 15.8 Å². The molecule has 2 saturated carbocycles. The SMILES string of the molecule is O=c1c(Cl)c(NC[C@]2(F)CCCOC2)cnn1[C@H]1CC[C@H](N(c2ccc(Cl)cc2)C2CC2)CC1. The molecule has 1 aliphatic heterocycles. The van der Waals surface area contributed by atoms with Crippen LogP contribution >= 0.6 is 23.2 Å². The fourth-order valence-corrected chi connectivity index (χ4v) is 5.63. The lowest BCUT2D eigenvalue weighted by molar-refractivity contribution is -0.0234. The van der Waals surface area contributed by atoms with Crippen molar-refractivity contribution in [3.8, 4) is 0 Å². The number of benzene rings is 1. The lowest BCUT2D eigenvalue weighted by atomic mass is 9.89. The van der Waals surface area contributed by atoms with E-state index in [2.05, 4.69) is 27.4 Å². The quantitative estimate of drug-likeness (QED) is 0.524. The van der Waals surface area contributed by atoms with E-state index in [1.54, 1.807) is 6.20 Å². The number of halogens is 3. The summed E-state index contributed by atoms with van der Waals surface area (Å²) in [5, 5.41) is 8.20. The Morgan fingerprint density at radius 2 is 1.79 bits per heavy atom. The smallest absolute Gasteiger partial charge is 0.287 e. The van der Waals surface area contributed by atoms with Crippen LogP contribution in [0.1, 0.15) is 57.4 Å². The van der Waals surface area contributed by atoms with Gasteiger partial charge in [0.1, 0.15) is 5.02 Å². The molecule has 3 aliphatic rings. The van der Waals surface area contributed by atoms with Crippen molar-refractivity contribution in [3.05, 3.63) is 50.9 Å². The molecule has 1 saturated heterocycles. The van der Waals surface area contributed by atoms with Crippen LogP contribution in [0.3, 0.4) is 0 Å². The van der Waals surface area contributed by atoms with Crippen LogP contribution in [0.15, 0.2) is 35.3 Å². The van der Waals surface area contributed by atoms with Gasteiger partial charge in [-0.3, -0.25) is 4.79 Å². The number of aromatic nitrogens is 2. The average molecular weight is 509 g/mol. The summed E-state index contributed by atoms with van der Waals surface area (Å²) in [6.07, 6.45) is 8.81. The predicted molar refractivity (Wildman–Crippen MR) is 134 cm³/mol. The molecule has 0 bridgehead atoms. The second-order valence-electron chi connectivity index (χ2n) is 9.86. The second kappa shape index (κ2) is 10.0. The van der Waals surface area contributed by atoms with Crippen molar-refractivity contribution in [2.75, 3.05) is 30.0 Å². The number of nitrogens with one attached hydrogen (secondary N) is 1. The highest BCUT2D eigenvalue weighted by Gasteiger charge is 2.37. The standard InChI is InChI=1S/C25H31Cl2FN4O2/c26-17-2-4-18(5-3-17)31(19-6-7-19)20-8-10-21(11-9-20)32-24(33)23(27)22(14-30-32)29-15-25(28)12-1-13-34-16-25/h2-5,14,19-21,29H,1,6-13,15-16H2/t20-,21-,25-/m1/s1. The summed E-state index contributed by atoms with van der Waals surface area (Å²) in [7, 11) is 0. The molecule has 184 valence electrons. The maximum atomic E-state index is 14.8. The molecule has 1 atom stereocenters. The largest absolute Gasteiger partial charge is 0.379 e. The zero-order valence-electron chi connectivity index (χ0n) is 19.2. The van der Waals surface area contributed by atoms with Crippen LogP contribution in [0.4, 0.5) is 15.8 Å². The van der Waals surface area contributed by atoms with E-state index < -0.39 is 5.67 Å². The topological polar surface area (TPSA) is 59.4 Å². The number of alkyl halides is 1. The van der Waals surface area contributed by atoms with Crippen molar-refractivity contribution in [2.24, 2.45) is 0 Å². The summed E-state index contributed by atoms with van der Waals surface area (Å²) in [6.45, 7) is 0.689. The molecule has 2 heterocycles. The van der Waals surface area contributed by atoms with Crippen LogP contribution in [0.5, 0.6) is 0 Å². The lowest BCUT2D eigenvalue weighted by Crippen LogP contribution is -2.42. The van der Waals surface area contributed by atoms with E-state index in [-0.39, 0.29) is 29.8 Å².